The van der Waals surface area contributed by atoms with Gasteiger partial charge in [0.2, 0.25) is 0 Å². The molecule has 4 rings (SSSR count). The average molecular weight is 389 g/mol. The Bertz CT molecular complexity index is 1090. The third kappa shape index (κ3) is 3.88. The molecule has 0 radical (unpaired) electrons. The van der Waals surface area contributed by atoms with Gasteiger partial charge in [-0.05, 0) is 58.7 Å². The second kappa shape index (κ2) is 8.28. The molecule has 0 N–H and O–H groups in total. The number of aryl methyl sites for hydroxylation is 2. The number of halogens is 1. The fourth-order valence-electron chi connectivity index (χ4n) is 3.70. The molecule has 0 fully saturated rings. The second-order valence-corrected chi connectivity index (χ2v) is 8.53. The van der Waals surface area contributed by atoms with Crippen LogP contribution in [0.15, 0.2) is 66.7 Å². The van der Waals surface area contributed by atoms with E-state index in [2.05, 4.69) is 56.3 Å². The van der Waals surface area contributed by atoms with Crippen molar-refractivity contribution in [3.05, 3.63) is 83.0 Å². The van der Waals surface area contributed by atoms with Gasteiger partial charge in [-0.1, -0.05) is 75.2 Å². The van der Waals surface area contributed by atoms with E-state index in [0.717, 1.165) is 42.4 Å². The van der Waals surface area contributed by atoms with Crippen LogP contribution in [0.25, 0.3) is 32.3 Å². The van der Waals surface area contributed by atoms with Gasteiger partial charge in [0, 0.05) is 15.1 Å². The minimum atomic E-state index is -0.167. The number of benzene rings is 3. The van der Waals surface area contributed by atoms with Crippen molar-refractivity contribution in [1.29, 1.82) is 0 Å². The first kappa shape index (κ1) is 18.9. The molecule has 0 bridgehead atoms. The van der Waals surface area contributed by atoms with E-state index in [4.69, 9.17) is 0 Å². The maximum atomic E-state index is 15.0. The van der Waals surface area contributed by atoms with Gasteiger partial charge in [-0.15, -0.1) is 11.3 Å². The summed E-state index contributed by atoms with van der Waals surface area (Å²) in [6.45, 7) is 4.38. The molecule has 0 amide bonds. The lowest BCUT2D eigenvalue weighted by Crippen LogP contribution is -1.88. The van der Waals surface area contributed by atoms with Crippen molar-refractivity contribution in [1.82, 2.24) is 0 Å². The number of thiophene rings is 1. The van der Waals surface area contributed by atoms with Crippen LogP contribution in [-0.4, -0.2) is 0 Å². The van der Waals surface area contributed by atoms with E-state index < -0.39 is 0 Å². The van der Waals surface area contributed by atoms with Crippen LogP contribution in [0.5, 0.6) is 0 Å². The van der Waals surface area contributed by atoms with Crippen molar-refractivity contribution in [3.63, 3.8) is 0 Å². The number of fused-ring (bicyclic) bond motifs is 1. The summed E-state index contributed by atoms with van der Waals surface area (Å²) in [6, 6.07) is 22.6. The monoisotopic (exact) mass is 388 g/mol. The first-order valence-electron chi connectivity index (χ1n) is 10.1. The molecule has 3 aromatic carbocycles. The Morgan fingerprint density at radius 3 is 2.14 bits per heavy atom. The van der Waals surface area contributed by atoms with Gasteiger partial charge in [0.05, 0.1) is 0 Å². The molecule has 0 aliphatic heterocycles. The Labute approximate surface area is 170 Å². The van der Waals surface area contributed by atoms with Crippen LogP contribution in [0.2, 0.25) is 0 Å². The lowest BCUT2D eigenvalue weighted by molar-refractivity contribution is 0.632. The predicted octanol–water partition coefficient (Wildman–Crippen LogP) is 8.28. The van der Waals surface area contributed by atoms with Gasteiger partial charge < -0.3 is 0 Å². The van der Waals surface area contributed by atoms with Crippen LogP contribution < -0.4 is 0 Å². The fraction of sp³-hybridized carbons (Fsp3) is 0.231. The quantitative estimate of drug-likeness (QED) is 0.312. The highest BCUT2D eigenvalue weighted by Crippen LogP contribution is 2.33. The largest absolute Gasteiger partial charge is 0.206 e. The topological polar surface area (TPSA) is 0 Å². The Morgan fingerprint density at radius 2 is 1.43 bits per heavy atom. The van der Waals surface area contributed by atoms with Crippen molar-refractivity contribution in [2.24, 2.45) is 0 Å². The molecule has 2 heteroatoms. The minimum Gasteiger partial charge on any atom is -0.206 e. The molecular weight excluding hydrogens is 363 g/mol. The van der Waals surface area contributed by atoms with Gasteiger partial charge in [0.1, 0.15) is 5.82 Å². The third-order valence-corrected chi connectivity index (χ3v) is 6.33. The maximum absolute atomic E-state index is 15.0. The molecule has 0 atom stereocenters. The van der Waals surface area contributed by atoms with E-state index in [1.54, 1.807) is 6.07 Å². The van der Waals surface area contributed by atoms with Crippen molar-refractivity contribution in [3.8, 4) is 22.3 Å². The summed E-state index contributed by atoms with van der Waals surface area (Å²) >= 11 is 1.82. The Balaban J connectivity index is 1.64. The lowest BCUT2D eigenvalue weighted by atomic mass is 9.98. The summed E-state index contributed by atoms with van der Waals surface area (Å²) in [4.78, 5) is 1.40. The predicted molar refractivity (Wildman–Crippen MR) is 121 cm³/mol. The molecule has 0 aliphatic carbocycles. The number of hydrogen-bond donors (Lipinski definition) is 0. The van der Waals surface area contributed by atoms with Crippen LogP contribution in [0.1, 0.15) is 37.1 Å². The van der Waals surface area contributed by atoms with Crippen LogP contribution >= 0.6 is 11.3 Å². The highest BCUT2D eigenvalue weighted by molar-refractivity contribution is 7.19. The van der Waals surface area contributed by atoms with Gasteiger partial charge in [-0.2, -0.15) is 0 Å². The van der Waals surface area contributed by atoms with E-state index in [1.165, 1.54) is 20.5 Å². The molecule has 0 nitrogen and oxygen atoms in total. The zero-order valence-corrected chi connectivity index (χ0v) is 17.3. The van der Waals surface area contributed by atoms with E-state index in [1.807, 2.05) is 29.5 Å². The molecule has 142 valence electrons. The molecule has 28 heavy (non-hydrogen) atoms. The van der Waals surface area contributed by atoms with Gasteiger partial charge in [-0.25, -0.2) is 4.39 Å². The summed E-state index contributed by atoms with van der Waals surface area (Å²) in [5.41, 5.74) is 4.92. The van der Waals surface area contributed by atoms with E-state index >= 15 is 0 Å². The third-order valence-electron chi connectivity index (χ3n) is 5.17. The lowest BCUT2D eigenvalue weighted by Gasteiger charge is -2.08. The molecule has 1 heterocycles. The van der Waals surface area contributed by atoms with Crippen LogP contribution in [0.3, 0.4) is 0 Å². The molecule has 0 spiro atoms. The van der Waals surface area contributed by atoms with Crippen molar-refractivity contribution in [2.75, 3.05) is 0 Å². The van der Waals surface area contributed by atoms with E-state index in [-0.39, 0.29) is 5.82 Å². The minimum absolute atomic E-state index is 0.167. The fourth-order valence-corrected chi connectivity index (χ4v) is 4.91. The Kier molecular flexibility index (Phi) is 5.59. The Morgan fingerprint density at radius 1 is 0.714 bits per heavy atom. The second-order valence-electron chi connectivity index (χ2n) is 7.36. The zero-order valence-electron chi connectivity index (χ0n) is 16.5. The zero-order chi connectivity index (χ0) is 19.5. The molecule has 4 aromatic rings. The van der Waals surface area contributed by atoms with E-state index in [0.29, 0.717) is 5.56 Å². The summed E-state index contributed by atoms with van der Waals surface area (Å²) in [5.74, 6) is -0.167. The summed E-state index contributed by atoms with van der Waals surface area (Å²) in [5, 5.41) is 1.25. The van der Waals surface area contributed by atoms with Crippen molar-refractivity contribution >= 4 is 21.4 Å². The summed E-state index contributed by atoms with van der Waals surface area (Å²) < 4.78 is 16.2. The Hall–Kier alpha value is -2.45. The van der Waals surface area contributed by atoms with Crippen LogP contribution in [0, 0.1) is 5.82 Å². The SMILES string of the molecule is CCCc1ccc(-c2ccc(-c3ccc4cc(CCC)sc4c3)c(F)c2)cc1. The molecule has 0 aliphatic rings. The van der Waals surface area contributed by atoms with Gasteiger partial charge >= 0.3 is 0 Å². The summed E-state index contributed by atoms with van der Waals surface area (Å²) in [7, 11) is 0. The number of hydrogen-bond acceptors (Lipinski definition) is 1. The van der Waals surface area contributed by atoms with Crippen LogP contribution in [0.4, 0.5) is 4.39 Å². The van der Waals surface area contributed by atoms with Crippen LogP contribution in [-0.2, 0) is 12.8 Å². The molecule has 0 unspecified atom stereocenters. The molecule has 1 aromatic heterocycles. The smallest absolute Gasteiger partial charge is 0.131 e. The normalized spacial score (nSPS) is 11.2. The summed E-state index contributed by atoms with van der Waals surface area (Å²) in [6.07, 6.45) is 4.47. The van der Waals surface area contributed by atoms with Gasteiger partial charge in [0.25, 0.3) is 0 Å². The van der Waals surface area contributed by atoms with E-state index in [9.17, 15) is 4.39 Å². The maximum Gasteiger partial charge on any atom is 0.131 e. The number of rotatable bonds is 6. The highest BCUT2D eigenvalue weighted by Gasteiger charge is 2.10. The van der Waals surface area contributed by atoms with Crippen molar-refractivity contribution < 1.29 is 4.39 Å². The first-order chi connectivity index (χ1) is 13.7. The molecule has 0 saturated carbocycles. The standard InChI is InChI=1S/C26H25FS/c1-3-5-18-7-9-19(10-8-18)20-13-14-24(25(27)16-20)21-11-12-22-15-23(6-4-2)28-26(22)17-21/h7-17H,3-6H2,1-2H3. The molecule has 0 saturated heterocycles. The van der Waals surface area contributed by atoms with Crippen molar-refractivity contribution in [2.45, 2.75) is 39.5 Å². The first-order valence-corrected chi connectivity index (χ1v) is 10.9. The molecular formula is C26H25FS. The van der Waals surface area contributed by atoms with Gasteiger partial charge in [-0.3, -0.25) is 0 Å². The average Bonchev–Trinajstić information content (AvgIpc) is 3.10. The van der Waals surface area contributed by atoms with Gasteiger partial charge in [0.15, 0.2) is 0 Å². The highest BCUT2D eigenvalue weighted by atomic mass is 32.1.